The molecule has 0 unspecified atom stereocenters. The second-order valence-corrected chi connectivity index (χ2v) is 5.22. The van der Waals surface area contributed by atoms with E-state index in [0.29, 0.717) is 12.2 Å². The molecule has 6 nitrogen and oxygen atoms in total. The fourth-order valence-corrected chi connectivity index (χ4v) is 2.44. The van der Waals surface area contributed by atoms with Gasteiger partial charge in [0, 0.05) is 12.0 Å². The van der Waals surface area contributed by atoms with Crippen molar-refractivity contribution < 1.29 is 10.2 Å². The summed E-state index contributed by atoms with van der Waals surface area (Å²) in [6, 6.07) is -0.561. The molecule has 3 N–H and O–H groups in total. The highest BCUT2D eigenvalue weighted by atomic mass is 16.3. The SMILES string of the molecule is C[C@@H]1N[C@@H](c2cn(C/C=C/C3[C]=[C][C]=[C]3)nn2)[C@H](O)[C@@H]1O. The topological polar surface area (TPSA) is 83.2 Å². The fourth-order valence-electron chi connectivity index (χ4n) is 2.44. The second-order valence-electron chi connectivity index (χ2n) is 5.22. The van der Waals surface area contributed by atoms with E-state index in [1.54, 1.807) is 10.9 Å². The van der Waals surface area contributed by atoms with Crippen molar-refractivity contribution in [3.05, 3.63) is 48.3 Å². The number of hydrogen-bond donors (Lipinski definition) is 3. The van der Waals surface area contributed by atoms with E-state index in [2.05, 4.69) is 39.9 Å². The Bertz CT molecular complexity index is 566. The van der Waals surface area contributed by atoms with Crippen LogP contribution in [0.3, 0.4) is 0 Å². The van der Waals surface area contributed by atoms with Crippen LogP contribution in [-0.2, 0) is 6.54 Å². The Morgan fingerprint density at radius 3 is 2.76 bits per heavy atom. The highest BCUT2D eigenvalue weighted by Crippen LogP contribution is 2.25. The lowest BCUT2D eigenvalue weighted by molar-refractivity contribution is 0.0295. The number of aliphatic hydroxyl groups excluding tert-OH is 2. The minimum atomic E-state index is -0.871. The molecule has 1 aliphatic carbocycles. The van der Waals surface area contributed by atoms with Crippen LogP contribution in [-0.4, -0.2) is 43.5 Å². The maximum Gasteiger partial charge on any atom is 0.102 e. The van der Waals surface area contributed by atoms with Crippen LogP contribution in [0.25, 0.3) is 0 Å². The van der Waals surface area contributed by atoms with Gasteiger partial charge in [-0.15, -0.1) is 5.10 Å². The molecule has 0 bridgehead atoms. The summed E-state index contributed by atoms with van der Waals surface area (Å²) >= 11 is 0. The van der Waals surface area contributed by atoms with Gasteiger partial charge >= 0.3 is 0 Å². The number of aliphatic hydroxyl groups is 2. The van der Waals surface area contributed by atoms with Crippen LogP contribution in [0.2, 0.25) is 0 Å². The van der Waals surface area contributed by atoms with Crippen molar-refractivity contribution in [2.45, 2.75) is 37.8 Å². The molecule has 6 heteroatoms. The summed E-state index contributed by atoms with van der Waals surface area (Å²) in [5.41, 5.74) is 0.625. The highest BCUT2D eigenvalue weighted by molar-refractivity contribution is 5.11. The van der Waals surface area contributed by atoms with Gasteiger partial charge in [-0.2, -0.15) is 0 Å². The van der Waals surface area contributed by atoms with E-state index < -0.39 is 12.2 Å². The van der Waals surface area contributed by atoms with E-state index in [1.165, 1.54) is 0 Å². The van der Waals surface area contributed by atoms with Gasteiger partial charge in [-0.25, -0.2) is 4.68 Å². The summed E-state index contributed by atoms with van der Waals surface area (Å²) < 4.78 is 1.67. The largest absolute Gasteiger partial charge is 0.389 e. The zero-order valence-electron chi connectivity index (χ0n) is 11.6. The van der Waals surface area contributed by atoms with Gasteiger partial charge in [0.25, 0.3) is 0 Å². The molecule has 0 spiro atoms. The van der Waals surface area contributed by atoms with Crippen molar-refractivity contribution in [3.8, 4) is 0 Å². The maximum atomic E-state index is 9.98. The minimum Gasteiger partial charge on any atom is -0.389 e. The first-order chi connectivity index (χ1) is 10.1. The van der Waals surface area contributed by atoms with Gasteiger partial charge in [-0.05, 0) is 31.2 Å². The van der Waals surface area contributed by atoms with E-state index in [4.69, 9.17) is 0 Å². The molecule has 2 heterocycles. The van der Waals surface area contributed by atoms with Crippen LogP contribution < -0.4 is 5.32 Å². The first-order valence-corrected chi connectivity index (χ1v) is 6.85. The van der Waals surface area contributed by atoms with Gasteiger partial charge < -0.3 is 15.5 Å². The first-order valence-electron chi connectivity index (χ1n) is 6.85. The third-order valence-corrected chi connectivity index (χ3v) is 3.66. The van der Waals surface area contributed by atoms with Gasteiger partial charge in [-0.1, -0.05) is 17.4 Å². The quantitative estimate of drug-likeness (QED) is 0.652. The maximum absolute atomic E-state index is 9.98. The molecule has 0 amide bonds. The molecule has 3 rings (SSSR count). The predicted octanol–water partition coefficient (Wildman–Crippen LogP) is -0.456. The van der Waals surface area contributed by atoms with Gasteiger partial charge in [0.2, 0.25) is 0 Å². The van der Waals surface area contributed by atoms with Crippen LogP contribution in [0.5, 0.6) is 0 Å². The van der Waals surface area contributed by atoms with Crippen molar-refractivity contribution in [1.82, 2.24) is 20.3 Å². The summed E-state index contributed by atoms with van der Waals surface area (Å²) in [6.07, 6.45) is 15.3. The molecular formula is C15H16N4O2. The number of hydrogen-bond acceptors (Lipinski definition) is 5. The average Bonchev–Trinajstić information content (AvgIpc) is 3.18. The Morgan fingerprint density at radius 2 is 2.10 bits per heavy atom. The van der Waals surface area contributed by atoms with Crippen molar-refractivity contribution >= 4 is 0 Å². The first kappa shape index (κ1) is 14.2. The number of rotatable bonds is 4. The van der Waals surface area contributed by atoms with E-state index in [-0.39, 0.29) is 18.0 Å². The number of aromatic nitrogens is 3. The average molecular weight is 284 g/mol. The van der Waals surface area contributed by atoms with Crippen LogP contribution in [0.4, 0.5) is 0 Å². The van der Waals surface area contributed by atoms with Crippen LogP contribution in [0.1, 0.15) is 18.7 Å². The molecule has 21 heavy (non-hydrogen) atoms. The zero-order valence-corrected chi connectivity index (χ0v) is 11.6. The monoisotopic (exact) mass is 284 g/mol. The Kier molecular flexibility index (Phi) is 4.01. The molecule has 2 aliphatic rings. The normalized spacial score (nSPS) is 32.7. The molecule has 0 aromatic carbocycles. The fraction of sp³-hybridized carbons (Fsp3) is 0.467. The minimum absolute atomic E-state index is 0.00214. The molecule has 108 valence electrons. The molecule has 1 saturated heterocycles. The molecule has 1 aromatic rings. The summed E-state index contributed by atoms with van der Waals surface area (Å²) in [4.78, 5) is 0. The molecule has 1 aromatic heterocycles. The second kappa shape index (κ2) is 5.93. The molecular weight excluding hydrogens is 268 g/mol. The number of nitrogens with one attached hydrogen (secondary N) is 1. The van der Waals surface area contributed by atoms with E-state index in [1.807, 2.05) is 19.1 Å². The summed E-state index contributed by atoms with van der Waals surface area (Å²) in [7, 11) is 0. The predicted molar refractivity (Wildman–Crippen MR) is 73.0 cm³/mol. The molecule has 1 fully saturated rings. The van der Waals surface area contributed by atoms with Gasteiger partial charge in [0.05, 0.1) is 24.9 Å². The Labute approximate surface area is 123 Å². The smallest absolute Gasteiger partial charge is 0.102 e. The van der Waals surface area contributed by atoms with Crippen molar-refractivity contribution in [3.63, 3.8) is 0 Å². The van der Waals surface area contributed by atoms with Crippen LogP contribution in [0, 0.1) is 30.2 Å². The molecule has 4 radical (unpaired) electrons. The summed E-state index contributed by atoms with van der Waals surface area (Å²) in [5.74, 6) is 0.00214. The zero-order chi connectivity index (χ0) is 14.8. The molecule has 0 saturated carbocycles. The van der Waals surface area contributed by atoms with E-state index in [9.17, 15) is 10.2 Å². The van der Waals surface area contributed by atoms with E-state index in [0.717, 1.165) is 0 Å². The van der Waals surface area contributed by atoms with Crippen molar-refractivity contribution in [2.24, 2.45) is 5.92 Å². The summed E-state index contributed by atoms with van der Waals surface area (Å²) in [6.45, 7) is 2.39. The number of allylic oxidation sites excluding steroid dienone is 6. The van der Waals surface area contributed by atoms with Crippen molar-refractivity contribution in [2.75, 3.05) is 0 Å². The third-order valence-electron chi connectivity index (χ3n) is 3.66. The lowest BCUT2D eigenvalue weighted by Gasteiger charge is -2.12. The standard InChI is InChI=1S/C15H16N4O2/c1-10-14(20)15(21)13(16-10)12-9-19(18-17-12)8-4-7-11-5-2-3-6-11/h4,7,9-11,13-16,20-21H,8H2,1H3/b7-4+/t10-,13-,14+,15-/m0/s1. The summed E-state index contributed by atoms with van der Waals surface area (Å²) in [5, 5.41) is 30.9. The Balaban J connectivity index is 1.61. The van der Waals surface area contributed by atoms with E-state index >= 15 is 0 Å². The Morgan fingerprint density at radius 1 is 1.33 bits per heavy atom. The molecule has 4 atom stereocenters. The third kappa shape index (κ3) is 2.97. The van der Waals surface area contributed by atoms with Crippen LogP contribution in [0.15, 0.2) is 18.3 Å². The van der Waals surface area contributed by atoms with Crippen LogP contribution >= 0.6 is 0 Å². The van der Waals surface area contributed by atoms with Crippen molar-refractivity contribution in [1.29, 1.82) is 0 Å². The lowest BCUT2D eigenvalue weighted by atomic mass is 10.1. The van der Waals surface area contributed by atoms with Gasteiger partial charge in [0.15, 0.2) is 0 Å². The van der Waals surface area contributed by atoms with Gasteiger partial charge in [0.1, 0.15) is 11.8 Å². The number of nitrogens with zero attached hydrogens (tertiary/aromatic N) is 3. The highest BCUT2D eigenvalue weighted by Gasteiger charge is 2.40. The molecule has 1 aliphatic heterocycles. The van der Waals surface area contributed by atoms with Gasteiger partial charge in [-0.3, -0.25) is 0 Å². The lowest BCUT2D eigenvalue weighted by Crippen LogP contribution is -2.29. The Hall–Kier alpha value is -1.76.